The lowest BCUT2D eigenvalue weighted by atomic mass is 9.80. The molecule has 0 amide bonds. The minimum Gasteiger partial charge on any atom is -0.388 e. The van der Waals surface area contributed by atoms with E-state index in [1.807, 2.05) is 6.92 Å². The second kappa shape index (κ2) is 5.35. The smallest absolute Gasteiger partial charge is 0.353 e. The van der Waals surface area contributed by atoms with Gasteiger partial charge < -0.3 is 15.7 Å². The summed E-state index contributed by atoms with van der Waals surface area (Å²) in [6, 6.07) is 0. The first-order valence-electron chi connectivity index (χ1n) is 6.25. The van der Waals surface area contributed by atoms with Crippen LogP contribution < -0.4 is 10.6 Å². The first-order chi connectivity index (χ1) is 9.06. The Kier molecular flexibility index (Phi) is 3.79. The Labute approximate surface area is 110 Å². The van der Waals surface area contributed by atoms with Crippen molar-refractivity contribution in [2.24, 2.45) is 0 Å². The van der Waals surface area contributed by atoms with Crippen LogP contribution in [0, 0.1) is 10.1 Å². The third kappa shape index (κ3) is 2.90. The van der Waals surface area contributed by atoms with Gasteiger partial charge in [0, 0.05) is 13.1 Å². The summed E-state index contributed by atoms with van der Waals surface area (Å²) >= 11 is 0. The van der Waals surface area contributed by atoms with Crippen LogP contribution in [0.5, 0.6) is 0 Å². The van der Waals surface area contributed by atoms with Crippen LogP contribution in [0.25, 0.3) is 0 Å². The SMILES string of the molecule is CCNc1ncnc(NCC2(O)CCC2)c1[N+](=O)[O-]. The van der Waals surface area contributed by atoms with Crippen LogP contribution in [0.2, 0.25) is 0 Å². The highest BCUT2D eigenvalue weighted by molar-refractivity contribution is 5.69. The minimum atomic E-state index is -0.767. The van der Waals surface area contributed by atoms with Gasteiger partial charge in [0.15, 0.2) is 0 Å². The molecule has 0 atom stereocenters. The number of anilines is 2. The molecule has 2 rings (SSSR count). The molecule has 1 aromatic rings. The first kappa shape index (κ1) is 13.5. The van der Waals surface area contributed by atoms with E-state index < -0.39 is 10.5 Å². The van der Waals surface area contributed by atoms with E-state index in [-0.39, 0.29) is 23.9 Å². The molecular weight excluding hydrogens is 250 g/mol. The average molecular weight is 267 g/mol. The number of nitro groups is 1. The summed E-state index contributed by atoms with van der Waals surface area (Å²) in [5, 5.41) is 26.8. The van der Waals surface area contributed by atoms with Gasteiger partial charge in [-0.05, 0) is 26.2 Å². The van der Waals surface area contributed by atoms with E-state index in [0.717, 1.165) is 6.42 Å². The van der Waals surface area contributed by atoms with E-state index in [0.29, 0.717) is 19.4 Å². The van der Waals surface area contributed by atoms with Gasteiger partial charge in [0.25, 0.3) is 0 Å². The molecule has 0 spiro atoms. The van der Waals surface area contributed by atoms with Crippen LogP contribution in [0.3, 0.4) is 0 Å². The molecule has 0 aliphatic heterocycles. The third-order valence-corrected chi connectivity index (χ3v) is 3.22. The number of aromatic nitrogens is 2. The number of nitrogens with zero attached hydrogens (tertiary/aromatic N) is 3. The van der Waals surface area contributed by atoms with Crippen LogP contribution >= 0.6 is 0 Å². The zero-order chi connectivity index (χ0) is 13.9. The van der Waals surface area contributed by atoms with E-state index in [9.17, 15) is 15.2 Å². The molecule has 1 saturated carbocycles. The number of aliphatic hydroxyl groups is 1. The number of hydrogen-bond acceptors (Lipinski definition) is 7. The van der Waals surface area contributed by atoms with Gasteiger partial charge in [-0.1, -0.05) is 0 Å². The Morgan fingerprint density at radius 2 is 2.05 bits per heavy atom. The summed E-state index contributed by atoms with van der Waals surface area (Å²) in [4.78, 5) is 18.3. The summed E-state index contributed by atoms with van der Waals surface area (Å²) in [6.45, 7) is 2.62. The molecule has 1 aromatic heterocycles. The van der Waals surface area contributed by atoms with Crippen LogP contribution in [-0.4, -0.2) is 38.7 Å². The Morgan fingerprint density at radius 3 is 2.53 bits per heavy atom. The highest BCUT2D eigenvalue weighted by Gasteiger charge is 2.35. The van der Waals surface area contributed by atoms with Gasteiger partial charge in [0.05, 0.1) is 10.5 Å². The molecule has 104 valence electrons. The van der Waals surface area contributed by atoms with Crippen molar-refractivity contribution in [1.82, 2.24) is 9.97 Å². The fourth-order valence-corrected chi connectivity index (χ4v) is 1.99. The third-order valence-electron chi connectivity index (χ3n) is 3.22. The van der Waals surface area contributed by atoms with Crippen molar-refractivity contribution in [3.63, 3.8) is 0 Å². The molecule has 0 aromatic carbocycles. The van der Waals surface area contributed by atoms with Crippen molar-refractivity contribution < 1.29 is 10.0 Å². The van der Waals surface area contributed by atoms with E-state index >= 15 is 0 Å². The van der Waals surface area contributed by atoms with Crippen molar-refractivity contribution in [2.45, 2.75) is 31.8 Å². The number of hydrogen-bond donors (Lipinski definition) is 3. The molecule has 3 N–H and O–H groups in total. The van der Waals surface area contributed by atoms with Crippen molar-refractivity contribution >= 4 is 17.3 Å². The molecule has 8 heteroatoms. The summed E-state index contributed by atoms with van der Waals surface area (Å²) in [7, 11) is 0. The van der Waals surface area contributed by atoms with E-state index in [1.165, 1.54) is 6.33 Å². The maximum Gasteiger partial charge on any atom is 0.353 e. The van der Waals surface area contributed by atoms with Gasteiger partial charge in [0.1, 0.15) is 6.33 Å². The lowest BCUT2D eigenvalue weighted by Gasteiger charge is -2.36. The second-order valence-electron chi connectivity index (χ2n) is 4.64. The standard InChI is InChI=1S/C11H17N5O3/c1-2-12-9-8(16(18)19)10(15-7-14-9)13-6-11(17)4-3-5-11/h7,17H,2-6H2,1H3,(H2,12,13,14,15). The molecule has 1 fully saturated rings. The highest BCUT2D eigenvalue weighted by Crippen LogP contribution is 2.33. The monoisotopic (exact) mass is 267 g/mol. The molecule has 0 bridgehead atoms. The van der Waals surface area contributed by atoms with Gasteiger partial charge in [-0.3, -0.25) is 10.1 Å². The van der Waals surface area contributed by atoms with E-state index in [2.05, 4.69) is 20.6 Å². The maximum absolute atomic E-state index is 11.1. The molecule has 0 radical (unpaired) electrons. The van der Waals surface area contributed by atoms with E-state index in [4.69, 9.17) is 0 Å². The van der Waals surface area contributed by atoms with Crippen molar-refractivity contribution in [2.75, 3.05) is 23.7 Å². The predicted octanol–water partition coefficient (Wildman–Crippen LogP) is 1.14. The van der Waals surface area contributed by atoms with Crippen LogP contribution in [-0.2, 0) is 0 Å². The zero-order valence-electron chi connectivity index (χ0n) is 10.7. The summed E-state index contributed by atoms with van der Waals surface area (Å²) in [5.41, 5.74) is -0.954. The van der Waals surface area contributed by atoms with Crippen molar-refractivity contribution in [1.29, 1.82) is 0 Å². The molecule has 1 aliphatic carbocycles. The van der Waals surface area contributed by atoms with E-state index in [1.54, 1.807) is 0 Å². The predicted molar refractivity (Wildman–Crippen MR) is 70.1 cm³/mol. The minimum absolute atomic E-state index is 0.135. The largest absolute Gasteiger partial charge is 0.388 e. The second-order valence-corrected chi connectivity index (χ2v) is 4.64. The average Bonchev–Trinajstić information content (AvgIpc) is 2.34. The fraction of sp³-hybridized carbons (Fsp3) is 0.636. The Morgan fingerprint density at radius 1 is 1.42 bits per heavy atom. The van der Waals surface area contributed by atoms with Gasteiger partial charge in [-0.15, -0.1) is 0 Å². The molecule has 1 heterocycles. The normalized spacial score (nSPS) is 16.5. The quantitative estimate of drug-likeness (QED) is 0.523. The van der Waals surface area contributed by atoms with Gasteiger partial charge in [-0.2, -0.15) is 0 Å². The van der Waals surface area contributed by atoms with Crippen LogP contribution in [0.4, 0.5) is 17.3 Å². The zero-order valence-corrected chi connectivity index (χ0v) is 10.7. The molecule has 19 heavy (non-hydrogen) atoms. The van der Waals surface area contributed by atoms with Gasteiger partial charge in [0.2, 0.25) is 11.6 Å². The molecule has 0 saturated heterocycles. The maximum atomic E-state index is 11.1. The van der Waals surface area contributed by atoms with Gasteiger partial charge >= 0.3 is 5.69 Å². The highest BCUT2D eigenvalue weighted by atomic mass is 16.6. The van der Waals surface area contributed by atoms with Crippen LogP contribution in [0.15, 0.2) is 6.33 Å². The lowest BCUT2D eigenvalue weighted by Crippen LogP contribution is -2.43. The number of nitrogens with one attached hydrogen (secondary N) is 2. The molecule has 1 aliphatic rings. The topological polar surface area (TPSA) is 113 Å². The van der Waals surface area contributed by atoms with Gasteiger partial charge in [-0.25, -0.2) is 9.97 Å². The molecule has 8 nitrogen and oxygen atoms in total. The first-order valence-corrected chi connectivity index (χ1v) is 6.25. The van der Waals surface area contributed by atoms with Crippen molar-refractivity contribution in [3.8, 4) is 0 Å². The Hall–Kier alpha value is -1.96. The summed E-state index contributed by atoms with van der Waals surface area (Å²) < 4.78 is 0. The Bertz CT molecular complexity index is 475. The summed E-state index contributed by atoms with van der Waals surface area (Å²) in [5.74, 6) is 0.321. The number of rotatable bonds is 6. The van der Waals surface area contributed by atoms with Crippen molar-refractivity contribution in [3.05, 3.63) is 16.4 Å². The Balaban J connectivity index is 2.18. The lowest BCUT2D eigenvalue weighted by molar-refractivity contribution is -0.383. The summed E-state index contributed by atoms with van der Waals surface area (Å²) in [6.07, 6.45) is 3.66. The molecular formula is C11H17N5O3. The fourth-order valence-electron chi connectivity index (χ4n) is 1.99. The molecule has 0 unspecified atom stereocenters. The van der Waals surface area contributed by atoms with Crippen LogP contribution in [0.1, 0.15) is 26.2 Å².